The predicted molar refractivity (Wildman–Crippen MR) is 133 cm³/mol. The SMILES string of the molecule is CC1(C)NC2(c3ccc([N+](=O)[O-])cc3)C(C(=O)c3ccccc3)=C(c3ccccc3)ON2C1(C)C. The number of carbonyl (C=O) groups is 1. The van der Waals surface area contributed by atoms with Crippen molar-refractivity contribution < 1.29 is 14.6 Å². The highest BCUT2D eigenvalue weighted by Crippen LogP contribution is 2.57. The molecule has 1 unspecified atom stereocenters. The number of non-ortho nitro benzene ring substituents is 1. The lowest BCUT2D eigenvalue weighted by Gasteiger charge is -2.39. The van der Waals surface area contributed by atoms with Crippen LogP contribution in [0.25, 0.3) is 5.76 Å². The Balaban J connectivity index is 1.82. The Kier molecular flexibility index (Phi) is 5.16. The Bertz CT molecular complexity index is 1330. The zero-order chi connectivity index (χ0) is 25.0. The van der Waals surface area contributed by atoms with E-state index < -0.39 is 21.7 Å². The minimum atomic E-state index is -1.17. The molecule has 2 aliphatic rings. The highest BCUT2D eigenvalue weighted by atomic mass is 16.7. The quantitative estimate of drug-likeness (QED) is 0.304. The van der Waals surface area contributed by atoms with E-state index in [1.54, 1.807) is 24.3 Å². The van der Waals surface area contributed by atoms with Gasteiger partial charge in [-0.15, -0.1) is 5.06 Å². The molecule has 7 heteroatoms. The van der Waals surface area contributed by atoms with Gasteiger partial charge in [0.2, 0.25) is 0 Å². The van der Waals surface area contributed by atoms with Gasteiger partial charge in [0, 0.05) is 28.8 Å². The summed E-state index contributed by atoms with van der Waals surface area (Å²) >= 11 is 0. The molecule has 5 rings (SSSR count). The zero-order valence-electron chi connectivity index (χ0n) is 20.1. The fraction of sp³-hybridized carbons (Fsp3) is 0.250. The minimum Gasteiger partial charge on any atom is -0.402 e. The Labute approximate surface area is 204 Å². The van der Waals surface area contributed by atoms with E-state index in [1.165, 1.54) is 12.1 Å². The van der Waals surface area contributed by atoms with Gasteiger partial charge >= 0.3 is 0 Å². The van der Waals surface area contributed by atoms with Gasteiger partial charge in [-0.2, -0.15) is 0 Å². The molecule has 0 aliphatic carbocycles. The molecule has 1 N–H and O–H groups in total. The molecule has 7 nitrogen and oxygen atoms in total. The van der Waals surface area contributed by atoms with Crippen molar-refractivity contribution >= 4 is 17.2 Å². The third kappa shape index (κ3) is 3.31. The second-order valence-electron chi connectivity index (χ2n) is 9.97. The molecule has 0 amide bonds. The van der Waals surface area contributed by atoms with Gasteiger partial charge in [-0.05, 0) is 45.4 Å². The molecule has 1 atom stereocenters. The molecule has 178 valence electrons. The van der Waals surface area contributed by atoms with Crippen molar-refractivity contribution in [3.05, 3.63) is 117 Å². The van der Waals surface area contributed by atoms with Crippen LogP contribution >= 0.6 is 0 Å². The third-order valence-corrected chi connectivity index (χ3v) is 7.40. The van der Waals surface area contributed by atoms with Crippen LogP contribution in [0.2, 0.25) is 0 Å². The van der Waals surface area contributed by atoms with Gasteiger partial charge in [0.25, 0.3) is 5.69 Å². The van der Waals surface area contributed by atoms with Gasteiger partial charge in [-0.25, -0.2) is 0 Å². The number of nitrogens with zero attached hydrogens (tertiary/aromatic N) is 2. The smallest absolute Gasteiger partial charge is 0.269 e. The highest BCUT2D eigenvalue weighted by molar-refractivity contribution is 6.14. The standard InChI is InChI=1S/C28H27N3O4/c1-26(2)27(3,4)31-28(29-26,21-15-17-22(18-16-21)30(33)34)23(24(32)19-11-7-5-8-12-19)25(35-31)20-13-9-6-10-14-20/h5-18,29H,1-4H3. The molecule has 0 spiro atoms. The summed E-state index contributed by atoms with van der Waals surface area (Å²) in [6.45, 7) is 8.25. The van der Waals surface area contributed by atoms with Crippen molar-refractivity contribution in [3.8, 4) is 0 Å². The number of hydrogen-bond donors (Lipinski definition) is 1. The van der Waals surface area contributed by atoms with E-state index >= 15 is 0 Å². The number of nitro benzene ring substituents is 1. The number of Topliss-reactive ketones (excluding diaryl/α,β-unsaturated/α-hetero) is 1. The molecule has 0 bridgehead atoms. The highest BCUT2D eigenvalue weighted by Gasteiger charge is 2.68. The van der Waals surface area contributed by atoms with E-state index in [1.807, 2.05) is 53.6 Å². The van der Waals surface area contributed by atoms with Crippen molar-refractivity contribution in [3.63, 3.8) is 0 Å². The molecular formula is C28H27N3O4. The zero-order valence-corrected chi connectivity index (χ0v) is 20.1. The number of benzene rings is 3. The van der Waals surface area contributed by atoms with Crippen molar-refractivity contribution in [1.82, 2.24) is 10.4 Å². The molecule has 1 fully saturated rings. The number of ketones is 1. The number of nitro groups is 1. The molecule has 3 aromatic carbocycles. The third-order valence-electron chi connectivity index (χ3n) is 7.40. The average molecular weight is 470 g/mol. The van der Waals surface area contributed by atoms with Crippen LogP contribution in [0.4, 0.5) is 5.69 Å². The second-order valence-corrected chi connectivity index (χ2v) is 9.97. The van der Waals surface area contributed by atoms with E-state index in [4.69, 9.17) is 4.84 Å². The number of hydroxylamine groups is 2. The second kappa shape index (κ2) is 7.86. The summed E-state index contributed by atoms with van der Waals surface area (Å²) in [5, 5.41) is 16.9. The number of fused-ring (bicyclic) bond motifs is 1. The van der Waals surface area contributed by atoms with Crippen LogP contribution < -0.4 is 5.32 Å². The molecular weight excluding hydrogens is 442 g/mol. The summed E-state index contributed by atoms with van der Waals surface area (Å²) in [5.41, 5.74) is 0.210. The summed E-state index contributed by atoms with van der Waals surface area (Å²) in [6.07, 6.45) is 0. The van der Waals surface area contributed by atoms with Crippen LogP contribution in [0.15, 0.2) is 90.5 Å². The first kappa shape index (κ1) is 23.0. The van der Waals surface area contributed by atoms with Crippen LogP contribution in [0.3, 0.4) is 0 Å². The Hall–Kier alpha value is -3.81. The first-order valence-electron chi connectivity index (χ1n) is 11.5. The Morgan fingerprint density at radius 1 is 0.886 bits per heavy atom. The molecule has 3 aromatic rings. The molecule has 0 radical (unpaired) electrons. The van der Waals surface area contributed by atoms with Gasteiger partial charge in [0.15, 0.2) is 17.2 Å². The Morgan fingerprint density at radius 3 is 2.03 bits per heavy atom. The lowest BCUT2D eigenvalue weighted by molar-refractivity contribution is -0.384. The first-order valence-corrected chi connectivity index (χ1v) is 11.5. The van der Waals surface area contributed by atoms with Gasteiger partial charge in [-0.3, -0.25) is 20.2 Å². The van der Waals surface area contributed by atoms with Crippen LogP contribution in [0.5, 0.6) is 0 Å². The molecule has 0 saturated carbocycles. The van der Waals surface area contributed by atoms with Crippen LogP contribution in [0, 0.1) is 10.1 Å². The maximum atomic E-state index is 14.2. The average Bonchev–Trinajstić information content (AvgIpc) is 3.27. The van der Waals surface area contributed by atoms with Crippen LogP contribution in [-0.2, 0) is 10.5 Å². The number of hydrogen-bond acceptors (Lipinski definition) is 6. The van der Waals surface area contributed by atoms with Gasteiger partial charge in [-0.1, -0.05) is 60.7 Å². The maximum absolute atomic E-state index is 14.2. The number of carbonyl (C=O) groups excluding carboxylic acids is 1. The lowest BCUT2D eigenvalue weighted by Crippen LogP contribution is -2.52. The summed E-state index contributed by atoms with van der Waals surface area (Å²) in [5.74, 6) is 0.292. The van der Waals surface area contributed by atoms with Crippen molar-refractivity contribution in [2.24, 2.45) is 0 Å². The summed E-state index contributed by atoms with van der Waals surface area (Å²) in [4.78, 5) is 31.8. The largest absolute Gasteiger partial charge is 0.402 e. The first-order chi connectivity index (χ1) is 16.6. The van der Waals surface area contributed by atoms with E-state index in [2.05, 4.69) is 33.0 Å². The molecule has 35 heavy (non-hydrogen) atoms. The summed E-state index contributed by atoms with van der Waals surface area (Å²) in [7, 11) is 0. The lowest BCUT2D eigenvalue weighted by atomic mass is 9.84. The fourth-order valence-corrected chi connectivity index (χ4v) is 4.92. The van der Waals surface area contributed by atoms with Crippen LogP contribution in [-0.4, -0.2) is 26.8 Å². The topological polar surface area (TPSA) is 84.7 Å². The molecule has 1 saturated heterocycles. The Morgan fingerprint density at radius 2 is 1.46 bits per heavy atom. The molecule has 2 heterocycles. The monoisotopic (exact) mass is 469 g/mol. The maximum Gasteiger partial charge on any atom is 0.269 e. The number of nitrogens with one attached hydrogen (secondary N) is 1. The fourth-order valence-electron chi connectivity index (χ4n) is 4.92. The van der Waals surface area contributed by atoms with Crippen molar-refractivity contribution in [2.75, 3.05) is 0 Å². The predicted octanol–water partition coefficient (Wildman–Crippen LogP) is 5.45. The van der Waals surface area contributed by atoms with Gasteiger partial charge < -0.3 is 4.84 Å². The van der Waals surface area contributed by atoms with Crippen LogP contribution in [0.1, 0.15) is 49.2 Å². The summed E-state index contributed by atoms with van der Waals surface area (Å²) in [6, 6.07) is 25.0. The minimum absolute atomic E-state index is 0.0182. The molecule has 2 aliphatic heterocycles. The molecule has 0 aromatic heterocycles. The normalized spacial score (nSPS) is 22.5. The van der Waals surface area contributed by atoms with E-state index in [9.17, 15) is 14.9 Å². The number of rotatable bonds is 5. The van der Waals surface area contributed by atoms with E-state index in [-0.39, 0.29) is 11.5 Å². The summed E-state index contributed by atoms with van der Waals surface area (Å²) < 4.78 is 0. The van der Waals surface area contributed by atoms with Gasteiger partial charge in [0.05, 0.1) is 16.0 Å². The van der Waals surface area contributed by atoms with Gasteiger partial charge in [0.1, 0.15) is 0 Å². The van der Waals surface area contributed by atoms with Crippen molar-refractivity contribution in [1.29, 1.82) is 0 Å². The van der Waals surface area contributed by atoms with E-state index in [0.717, 1.165) is 5.56 Å². The van der Waals surface area contributed by atoms with E-state index in [0.29, 0.717) is 22.5 Å². The van der Waals surface area contributed by atoms with Crippen molar-refractivity contribution in [2.45, 2.75) is 44.4 Å².